The van der Waals surface area contributed by atoms with Gasteiger partial charge in [-0.05, 0) is 31.1 Å². The minimum absolute atomic E-state index is 0.0380. The average Bonchev–Trinajstić information content (AvgIpc) is 3.08. The number of carbonyl (C=O) groups is 1. The molecule has 1 aromatic heterocycles. The summed E-state index contributed by atoms with van der Waals surface area (Å²) in [6.45, 7) is 0.388. The molecule has 2 heterocycles. The standard InChI is InChI=1S/C18H21N3O4S/c22-16(19-11-4-2-1-3-5-11)6-7-21-17(23)12-8-14-15(25-10-24-14)9-13(12)20-18(21)26/h8-9,11H,1-7,10H2,(H,19,22)(H,20,26). The van der Waals surface area contributed by atoms with Gasteiger partial charge < -0.3 is 19.8 Å². The molecule has 0 unspecified atom stereocenters. The van der Waals surface area contributed by atoms with E-state index in [2.05, 4.69) is 10.3 Å². The van der Waals surface area contributed by atoms with Gasteiger partial charge >= 0.3 is 0 Å². The Labute approximate surface area is 155 Å². The normalized spacial score (nSPS) is 16.8. The van der Waals surface area contributed by atoms with Gasteiger partial charge in [0, 0.05) is 25.1 Å². The number of aromatic amines is 1. The van der Waals surface area contributed by atoms with Crippen molar-refractivity contribution in [2.75, 3.05) is 6.79 Å². The zero-order valence-corrected chi connectivity index (χ0v) is 15.2. The number of fused-ring (bicyclic) bond motifs is 2. The average molecular weight is 375 g/mol. The minimum Gasteiger partial charge on any atom is -0.454 e. The fourth-order valence-corrected chi connectivity index (χ4v) is 3.89. The Kier molecular flexibility index (Phi) is 4.67. The SMILES string of the molecule is O=C(CCn1c(=S)[nH]c2cc3c(cc2c1=O)OCO3)NC1CCCCC1. The topological polar surface area (TPSA) is 85.4 Å². The van der Waals surface area contributed by atoms with Gasteiger partial charge in [-0.1, -0.05) is 19.3 Å². The summed E-state index contributed by atoms with van der Waals surface area (Å²) in [5, 5.41) is 3.53. The van der Waals surface area contributed by atoms with Crippen molar-refractivity contribution in [1.29, 1.82) is 0 Å². The Hall–Kier alpha value is -2.35. The fraction of sp³-hybridized carbons (Fsp3) is 0.500. The third kappa shape index (κ3) is 3.33. The molecule has 0 spiro atoms. The molecule has 4 rings (SSSR count). The molecule has 1 saturated carbocycles. The molecular formula is C18H21N3O4S. The largest absolute Gasteiger partial charge is 0.454 e. The molecule has 26 heavy (non-hydrogen) atoms. The summed E-state index contributed by atoms with van der Waals surface area (Å²) in [7, 11) is 0. The number of benzene rings is 1. The van der Waals surface area contributed by atoms with Crippen molar-refractivity contribution >= 4 is 29.0 Å². The third-order valence-corrected chi connectivity index (χ3v) is 5.33. The van der Waals surface area contributed by atoms with E-state index in [-0.39, 0.29) is 37.3 Å². The Morgan fingerprint density at radius 1 is 1.23 bits per heavy atom. The predicted molar refractivity (Wildman–Crippen MR) is 99.1 cm³/mol. The van der Waals surface area contributed by atoms with E-state index in [1.165, 1.54) is 11.0 Å². The van der Waals surface area contributed by atoms with Crippen LogP contribution in [0.5, 0.6) is 11.5 Å². The monoisotopic (exact) mass is 375 g/mol. The first-order valence-electron chi connectivity index (χ1n) is 8.97. The molecule has 0 radical (unpaired) electrons. The van der Waals surface area contributed by atoms with Gasteiger partial charge in [0.1, 0.15) is 0 Å². The van der Waals surface area contributed by atoms with Gasteiger partial charge in [-0.2, -0.15) is 0 Å². The zero-order chi connectivity index (χ0) is 18.1. The molecule has 138 valence electrons. The van der Waals surface area contributed by atoms with Crippen LogP contribution in [-0.4, -0.2) is 28.3 Å². The van der Waals surface area contributed by atoms with Crippen LogP contribution >= 0.6 is 12.2 Å². The van der Waals surface area contributed by atoms with Crippen LogP contribution in [0.1, 0.15) is 38.5 Å². The number of nitrogens with one attached hydrogen (secondary N) is 2. The maximum atomic E-state index is 12.8. The Balaban J connectivity index is 1.52. The maximum absolute atomic E-state index is 12.8. The molecule has 8 heteroatoms. The molecule has 7 nitrogen and oxygen atoms in total. The van der Waals surface area contributed by atoms with Gasteiger partial charge in [0.05, 0.1) is 10.9 Å². The van der Waals surface area contributed by atoms with Gasteiger partial charge in [0.25, 0.3) is 5.56 Å². The van der Waals surface area contributed by atoms with E-state index in [4.69, 9.17) is 21.7 Å². The Bertz CT molecular complexity index is 959. The van der Waals surface area contributed by atoms with Crippen molar-refractivity contribution in [2.45, 2.75) is 51.1 Å². The van der Waals surface area contributed by atoms with E-state index < -0.39 is 0 Å². The quantitative estimate of drug-likeness (QED) is 0.803. The van der Waals surface area contributed by atoms with Crippen molar-refractivity contribution in [3.05, 3.63) is 27.3 Å². The van der Waals surface area contributed by atoms with Crippen LogP contribution in [0, 0.1) is 4.77 Å². The van der Waals surface area contributed by atoms with Gasteiger partial charge in [-0.15, -0.1) is 0 Å². The number of H-pyrrole nitrogens is 1. The second kappa shape index (κ2) is 7.11. The molecule has 2 N–H and O–H groups in total. The van der Waals surface area contributed by atoms with Crippen LogP contribution in [0.15, 0.2) is 16.9 Å². The first kappa shape index (κ1) is 17.1. The molecule has 0 atom stereocenters. The Morgan fingerprint density at radius 2 is 1.96 bits per heavy atom. The number of amides is 1. The van der Waals surface area contributed by atoms with Gasteiger partial charge in [-0.3, -0.25) is 14.2 Å². The number of hydrogen-bond acceptors (Lipinski definition) is 5. The van der Waals surface area contributed by atoms with Crippen LogP contribution in [0.25, 0.3) is 10.9 Å². The number of aromatic nitrogens is 2. The van der Waals surface area contributed by atoms with Crippen molar-refractivity contribution < 1.29 is 14.3 Å². The number of nitrogens with zero attached hydrogens (tertiary/aromatic N) is 1. The summed E-state index contributed by atoms with van der Waals surface area (Å²) in [5.41, 5.74) is 0.375. The highest BCUT2D eigenvalue weighted by Crippen LogP contribution is 2.34. The highest BCUT2D eigenvalue weighted by atomic mass is 32.1. The highest BCUT2D eigenvalue weighted by molar-refractivity contribution is 7.71. The summed E-state index contributed by atoms with van der Waals surface area (Å²) < 4.78 is 12.4. The number of carbonyl (C=O) groups excluding carboxylic acids is 1. The van der Waals surface area contributed by atoms with E-state index >= 15 is 0 Å². The Morgan fingerprint density at radius 3 is 2.73 bits per heavy atom. The van der Waals surface area contributed by atoms with Crippen molar-refractivity contribution in [3.8, 4) is 11.5 Å². The maximum Gasteiger partial charge on any atom is 0.262 e. The first-order chi connectivity index (χ1) is 12.6. The summed E-state index contributed by atoms with van der Waals surface area (Å²) in [6.07, 6.45) is 5.87. The smallest absolute Gasteiger partial charge is 0.262 e. The van der Waals surface area contributed by atoms with Crippen LogP contribution < -0.4 is 20.3 Å². The number of rotatable bonds is 4. The van der Waals surface area contributed by atoms with Gasteiger partial charge in [0.2, 0.25) is 12.7 Å². The predicted octanol–water partition coefficient (Wildman–Crippen LogP) is 2.63. The molecule has 0 bridgehead atoms. The molecular weight excluding hydrogens is 354 g/mol. The van der Waals surface area contributed by atoms with Crippen LogP contribution in [0.3, 0.4) is 0 Å². The van der Waals surface area contributed by atoms with Crippen LogP contribution in [0.2, 0.25) is 0 Å². The summed E-state index contributed by atoms with van der Waals surface area (Å²) >= 11 is 5.31. The molecule has 1 aliphatic heterocycles. The molecule has 1 aromatic carbocycles. The van der Waals surface area contributed by atoms with Crippen molar-refractivity contribution in [3.63, 3.8) is 0 Å². The van der Waals surface area contributed by atoms with Crippen molar-refractivity contribution in [1.82, 2.24) is 14.9 Å². The highest BCUT2D eigenvalue weighted by Gasteiger charge is 2.18. The van der Waals surface area contributed by atoms with Crippen LogP contribution in [-0.2, 0) is 11.3 Å². The second-order valence-electron chi connectivity index (χ2n) is 6.79. The third-order valence-electron chi connectivity index (χ3n) is 5.01. The molecule has 2 aromatic rings. The molecule has 2 aliphatic rings. The fourth-order valence-electron chi connectivity index (χ4n) is 3.61. The number of ether oxygens (including phenoxy) is 2. The first-order valence-corrected chi connectivity index (χ1v) is 9.38. The minimum atomic E-state index is -0.229. The van der Waals surface area contributed by atoms with E-state index in [1.54, 1.807) is 12.1 Å². The second-order valence-corrected chi connectivity index (χ2v) is 7.18. The number of hydrogen-bond donors (Lipinski definition) is 2. The lowest BCUT2D eigenvalue weighted by Crippen LogP contribution is -2.37. The lowest BCUT2D eigenvalue weighted by Gasteiger charge is -2.22. The summed E-state index contributed by atoms with van der Waals surface area (Å²) in [4.78, 5) is 28.1. The lowest BCUT2D eigenvalue weighted by atomic mass is 9.95. The molecule has 1 aliphatic carbocycles. The van der Waals surface area contributed by atoms with E-state index in [0.29, 0.717) is 27.2 Å². The molecule has 0 saturated heterocycles. The van der Waals surface area contributed by atoms with Crippen LogP contribution in [0.4, 0.5) is 0 Å². The molecule has 1 fully saturated rings. The van der Waals surface area contributed by atoms with E-state index in [1.807, 2.05) is 0 Å². The lowest BCUT2D eigenvalue weighted by molar-refractivity contribution is -0.122. The zero-order valence-electron chi connectivity index (χ0n) is 14.4. The van der Waals surface area contributed by atoms with Gasteiger partial charge in [0.15, 0.2) is 16.3 Å². The molecule has 1 amide bonds. The van der Waals surface area contributed by atoms with E-state index in [0.717, 1.165) is 25.7 Å². The van der Waals surface area contributed by atoms with E-state index in [9.17, 15) is 9.59 Å². The summed E-state index contributed by atoms with van der Waals surface area (Å²) in [5.74, 6) is 1.10. The summed E-state index contributed by atoms with van der Waals surface area (Å²) in [6, 6.07) is 3.64. The van der Waals surface area contributed by atoms with Gasteiger partial charge in [-0.25, -0.2) is 0 Å². The van der Waals surface area contributed by atoms with Crippen molar-refractivity contribution in [2.24, 2.45) is 0 Å².